The Labute approximate surface area is 106 Å². The van der Waals surface area contributed by atoms with Crippen LogP contribution in [0, 0.1) is 0 Å². The Morgan fingerprint density at radius 1 is 1.56 bits per heavy atom. The molecule has 1 amide bonds. The zero-order valence-corrected chi connectivity index (χ0v) is 10.5. The van der Waals surface area contributed by atoms with Gasteiger partial charge >= 0.3 is 0 Å². The van der Waals surface area contributed by atoms with E-state index in [4.69, 9.17) is 10.5 Å². The number of nitrogens with zero attached hydrogens (tertiary/aromatic N) is 3. The van der Waals surface area contributed by atoms with E-state index in [1.54, 1.807) is 13.2 Å². The van der Waals surface area contributed by atoms with Gasteiger partial charge in [0.05, 0.1) is 24.9 Å². The SMILES string of the molecule is Cn1ncc(C(=O)N2CCO[C@@H]3CCC[C@@H]32)c1N. The van der Waals surface area contributed by atoms with E-state index in [2.05, 4.69) is 5.10 Å². The summed E-state index contributed by atoms with van der Waals surface area (Å²) in [6.45, 7) is 1.27. The van der Waals surface area contributed by atoms with E-state index in [-0.39, 0.29) is 18.1 Å². The molecule has 1 aromatic heterocycles. The summed E-state index contributed by atoms with van der Waals surface area (Å²) in [7, 11) is 1.74. The van der Waals surface area contributed by atoms with Crippen LogP contribution in [0.25, 0.3) is 0 Å². The fourth-order valence-corrected chi connectivity index (χ4v) is 2.94. The Kier molecular flexibility index (Phi) is 2.74. The predicted molar refractivity (Wildman–Crippen MR) is 66.0 cm³/mol. The van der Waals surface area contributed by atoms with E-state index >= 15 is 0 Å². The second-order valence-electron chi connectivity index (χ2n) is 4.97. The lowest BCUT2D eigenvalue weighted by Gasteiger charge is -2.37. The van der Waals surface area contributed by atoms with Crippen molar-refractivity contribution in [2.24, 2.45) is 7.05 Å². The number of hydrogen-bond donors (Lipinski definition) is 1. The summed E-state index contributed by atoms with van der Waals surface area (Å²) in [6.07, 6.45) is 4.97. The highest BCUT2D eigenvalue weighted by molar-refractivity contribution is 5.98. The van der Waals surface area contributed by atoms with Gasteiger partial charge in [-0.15, -0.1) is 0 Å². The number of hydrogen-bond acceptors (Lipinski definition) is 4. The second kappa shape index (κ2) is 4.28. The first-order valence-corrected chi connectivity index (χ1v) is 6.38. The Hall–Kier alpha value is -1.56. The molecule has 2 aliphatic rings. The van der Waals surface area contributed by atoms with Gasteiger partial charge in [-0.1, -0.05) is 0 Å². The highest BCUT2D eigenvalue weighted by atomic mass is 16.5. The third-order valence-electron chi connectivity index (χ3n) is 3.96. The van der Waals surface area contributed by atoms with Crippen molar-refractivity contribution in [3.8, 4) is 0 Å². The average Bonchev–Trinajstić information content (AvgIpc) is 2.96. The molecule has 3 rings (SSSR count). The van der Waals surface area contributed by atoms with Crippen LogP contribution in [0.15, 0.2) is 6.20 Å². The number of nitrogen functional groups attached to an aromatic ring is 1. The van der Waals surface area contributed by atoms with Crippen molar-refractivity contribution in [3.63, 3.8) is 0 Å². The van der Waals surface area contributed by atoms with Crippen molar-refractivity contribution < 1.29 is 9.53 Å². The smallest absolute Gasteiger partial charge is 0.259 e. The van der Waals surface area contributed by atoms with Crippen LogP contribution in [-0.2, 0) is 11.8 Å². The summed E-state index contributed by atoms with van der Waals surface area (Å²) >= 11 is 0. The van der Waals surface area contributed by atoms with Crippen LogP contribution in [0.3, 0.4) is 0 Å². The molecule has 0 aromatic carbocycles. The molecule has 2 atom stereocenters. The average molecular weight is 250 g/mol. The molecule has 1 saturated heterocycles. The fraction of sp³-hybridized carbons (Fsp3) is 0.667. The summed E-state index contributed by atoms with van der Waals surface area (Å²) in [5, 5.41) is 4.03. The van der Waals surface area contributed by atoms with Crippen molar-refractivity contribution >= 4 is 11.7 Å². The number of morpholine rings is 1. The van der Waals surface area contributed by atoms with Gasteiger partial charge in [-0.3, -0.25) is 9.48 Å². The zero-order valence-electron chi connectivity index (χ0n) is 10.5. The molecular weight excluding hydrogens is 232 g/mol. The highest BCUT2D eigenvalue weighted by Crippen LogP contribution is 2.31. The van der Waals surface area contributed by atoms with Crippen LogP contribution in [0.5, 0.6) is 0 Å². The van der Waals surface area contributed by atoms with Gasteiger partial charge in [0, 0.05) is 13.6 Å². The molecule has 1 aliphatic heterocycles. The summed E-state index contributed by atoms with van der Waals surface area (Å²) in [5.41, 5.74) is 6.37. The van der Waals surface area contributed by atoms with Crippen LogP contribution in [0.2, 0.25) is 0 Å². The Balaban J connectivity index is 1.85. The minimum atomic E-state index is -0.0131. The summed E-state index contributed by atoms with van der Waals surface area (Å²) in [5.74, 6) is 0.418. The van der Waals surface area contributed by atoms with Gasteiger partial charge in [0.1, 0.15) is 11.4 Å². The monoisotopic (exact) mass is 250 g/mol. The lowest BCUT2D eigenvalue weighted by atomic mass is 10.1. The van der Waals surface area contributed by atoms with E-state index < -0.39 is 0 Å². The van der Waals surface area contributed by atoms with Crippen molar-refractivity contribution in [3.05, 3.63) is 11.8 Å². The molecule has 0 radical (unpaired) electrons. The number of carbonyl (C=O) groups excluding carboxylic acids is 1. The molecule has 2 N–H and O–H groups in total. The largest absolute Gasteiger partial charge is 0.383 e. The summed E-state index contributed by atoms with van der Waals surface area (Å²) < 4.78 is 7.24. The minimum absolute atomic E-state index is 0.0131. The molecular formula is C12H18N4O2. The minimum Gasteiger partial charge on any atom is -0.383 e. The van der Waals surface area contributed by atoms with Crippen molar-refractivity contribution in [2.45, 2.75) is 31.4 Å². The maximum atomic E-state index is 12.5. The van der Waals surface area contributed by atoms with Crippen LogP contribution in [0.4, 0.5) is 5.82 Å². The van der Waals surface area contributed by atoms with E-state index in [1.165, 1.54) is 4.68 Å². The molecule has 6 heteroatoms. The number of amides is 1. The summed E-state index contributed by atoms with van der Waals surface area (Å²) in [6, 6.07) is 0.214. The van der Waals surface area contributed by atoms with Crippen molar-refractivity contribution in [1.82, 2.24) is 14.7 Å². The second-order valence-corrected chi connectivity index (χ2v) is 4.97. The van der Waals surface area contributed by atoms with Gasteiger partial charge < -0.3 is 15.4 Å². The van der Waals surface area contributed by atoms with Crippen LogP contribution in [-0.4, -0.2) is 45.9 Å². The van der Waals surface area contributed by atoms with Gasteiger partial charge in [-0.25, -0.2) is 0 Å². The first kappa shape index (κ1) is 11.5. The first-order chi connectivity index (χ1) is 8.68. The molecule has 98 valence electrons. The van der Waals surface area contributed by atoms with E-state index in [0.29, 0.717) is 24.5 Å². The summed E-state index contributed by atoms with van der Waals surface area (Å²) in [4.78, 5) is 14.4. The number of ether oxygens (including phenoxy) is 1. The molecule has 2 fully saturated rings. The fourth-order valence-electron chi connectivity index (χ4n) is 2.94. The van der Waals surface area contributed by atoms with Crippen LogP contribution < -0.4 is 5.73 Å². The van der Waals surface area contributed by atoms with Crippen LogP contribution >= 0.6 is 0 Å². The van der Waals surface area contributed by atoms with Gasteiger partial charge in [-0.05, 0) is 19.3 Å². The van der Waals surface area contributed by atoms with Crippen LogP contribution in [0.1, 0.15) is 29.6 Å². The van der Waals surface area contributed by atoms with Gasteiger partial charge in [0.25, 0.3) is 5.91 Å². The number of aryl methyl sites for hydroxylation is 1. The number of aromatic nitrogens is 2. The van der Waals surface area contributed by atoms with Gasteiger partial charge in [-0.2, -0.15) is 5.10 Å². The Morgan fingerprint density at radius 2 is 2.39 bits per heavy atom. The predicted octanol–water partition coefficient (Wildman–Crippen LogP) is 0.396. The van der Waals surface area contributed by atoms with E-state index in [0.717, 1.165) is 19.3 Å². The number of carbonyl (C=O) groups is 1. The highest BCUT2D eigenvalue weighted by Gasteiger charge is 2.39. The molecule has 0 spiro atoms. The normalized spacial score (nSPS) is 27.3. The number of nitrogens with two attached hydrogens (primary N) is 1. The number of fused-ring (bicyclic) bond motifs is 1. The molecule has 0 bridgehead atoms. The molecule has 6 nitrogen and oxygen atoms in total. The maximum Gasteiger partial charge on any atom is 0.259 e. The zero-order chi connectivity index (χ0) is 12.7. The van der Waals surface area contributed by atoms with Gasteiger partial charge in [0.15, 0.2) is 0 Å². The van der Waals surface area contributed by atoms with Gasteiger partial charge in [0.2, 0.25) is 0 Å². The molecule has 1 saturated carbocycles. The third-order valence-corrected chi connectivity index (χ3v) is 3.96. The third kappa shape index (κ3) is 1.68. The van der Waals surface area contributed by atoms with E-state index in [9.17, 15) is 4.79 Å². The standard InChI is InChI=1S/C12H18N4O2/c1-15-11(13)8(7-14-15)12(17)16-5-6-18-10-4-2-3-9(10)16/h7,9-10H,2-6,13H2,1H3/t9-,10+/m0/s1. The lowest BCUT2D eigenvalue weighted by molar-refractivity contribution is -0.0445. The molecule has 1 aliphatic carbocycles. The number of rotatable bonds is 1. The van der Waals surface area contributed by atoms with E-state index in [1.807, 2.05) is 4.90 Å². The van der Waals surface area contributed by atoms with Crippen molar-refractivity contribution in [2.75, 3.05) is 18.9 Å². The molecule has 1 aromatic rings. The topological polar surface area (TPSA) is 73.4 Å². The quantitative estimate of drug-likeness (QED) is 0.782. The molecule has 0 unspecified atom stereocenters. The number of anilines is 1. The first-order valence-electron chi connectivity index (χ1n) is 6.38. The van der Waals surface area contributed by atoms with Crippen molar-refractivity contribution in [1.29, 1.82) is 0 Å². The maximum absolute atomic E-state index is 12.5. The molecule has 18 heavy (non-hydrogen) atoms. The molecule has 2 heterocycles. The Morgan fingerprint density at radius 3 is 3.11 bits per heavy atom. The Bertz CT molecular complexity index is 471. The lowest BCUT2D eigenvalue weighted by Crippen LogP contribution is -2.51.